The van der Waals surface area contributed by atoms with Gasteiger partial charge < -0.3 is 9.63 Å². The molecular formula is C13H9N3O2. The average Bonchev–Trinajstić information content (AvgIpc) is 2.90. The quantitative estimate of drug-likeness (QED) is 0.743. The summed E-state index contributed by atoms with van der Waals surface area (Å²) in [5, 5.41) is 13.1. The predicted octanol–water partition coefficient (Wildman–Crippen LogP) is 2.50. The Morgan fingerprint density at radius 2 is 1.83 bits per heavy atom. The van der Waals surface area contributed by atoms with Crippen LogP contribution < -0.4 is 0 Å². The summed E-state index contributed by atoms with van der Waals surface area (Å²) >= 11 is 0. The minimum absolute atomic E-state index is 0.203. The summed E-state index contributed by atoms with van der Waals surface area (Å²) in [6.07, 6.45) is 3.34. The molecule has 0 fully saturated rings. The summed E-state index contributed by atoms with van der Waals surface area (Å²) in [6.45, 7) is 0. The number of hydrogen-bond donors (Lipinski definition) is 1. The van der Waals surface area contributed by atoms with Gasteiger partial charge in [-0.3, -0.25) is 4.98 Å². The number of pyridine rings is 1. The molecule has 3 aromatic rings. The van der Waals surface area contributed by atoms with Crippen molar-refractivity contribution in [1.29, 1.82) is 0 Å². The highest BCUT2D eigenvalue weighted by molar-refractivity contribution is 5.59. The van der Waals surface area contributed by atoms with Gasteiger partial charge in [0.05, 0.1) is 5.56 Å². The first-order valence-corrected chi connectivity index (χ1v) is 5.36. The van der Waals surface area contributed by atoms with Crippen molar-refractivity contribution in [2.24, 2.45) is 0 Å². The van der Waals surface area contributed by atoms with Crippen LogP contribution in [0.2, 0.25) is 0 Å². The van der Waals surface area contributed by atoms with Gasteiger partial charge in [-0.25, -0.2) is 0 Å². The molecule has 0 aliphatic carbocycles. The van der Waals surface area contributed by atoms with Gasteiger partial charge in [0, 0.05) is 18.0 Å². The third-order valence-corrected chi connectivity index (χ3v) is 2.46. The Morgan fingerprint density at radius 1 is 1.00 bits per heavy atom. The second kappa shape index (κ2) is 4.29. The topological polar surface area (TPSA) is 72.0 Å². The summed E-state index contributed by atoms with van der Waals surface area (Å²) in [6, 6.07) is 10.3. The van der Waals surface area contributed by atoms with Crippen LogP contribution in [0.5, 0.6) is 5.75 Å². The molecule has 0 saturated carbocycles. The minimum Gasteiger partial charge on any atom is -0.508 e. The number of aromatic nitrogens is 3. The lowest BCUT2D eigenvalue weighted by atomic mass is 10.2. The summed E-state index contributed by atoms with van der Waals surface area (Å²) in [5.41, 5.74) is 1.56. The van der Waals surface area contributed by atoms with Crippen LogP contribution in [0.3, 0.4) is 0 Å². The van der Waals surface area contributed by atoms with Crippen LogP contribution in [0.25, 0.3) is 22.8 Å². The molecule has 3 rings (SSSR count). The van der Waals surface area contributed by atoms with Crippen molar-refractivity contribution >= 4 is 0 Å². The second-order valence-electron chi connectivity index (χ2n) is 3.71. The minimum atomic E-state index is 0.203. The normalized spacial score (nSPS) is 10.4. The number of rotatable bonds is 2. The maximum absolute atomic E-state index is 9.21. The van der Waals surface area contributed by atoms with Crippen molar-refractivity contribution in [1.82, 2.24) is 15.1 Å². The van der Waals surface area contributed by atoms with E-state index >= 15 is 0 Å². The zero-order valence-electron chi connectivity index (χ0n) is 9.32. The number of phenolic OH excluding ortho intramolecular Hbond substituents is 1. The van der Waals surface area contributed by atoms with E-state index in [2.05, 4.69) is 15.1 Å². The van der Waals surface area contributed by atoms with Crippen molar-refractivity contribution < 1.29 is 9.63 Å². The Balaban J connectivity index is 1.97. The van der Waals surface area contributed by atoms with E-state index < -0.39 is 0 Å². The van der Waals surface area contributed by atoms with E-state index in [1.807, 2.05) is 6.07 Å². The summed E-state index contributed by atoms with van der Waals surface area (Å²) in [4.78, 5) is 8.27. The highest BCUT2D eigenvalue weighted by Gasteiger charge is 2.10. The standard InChI is InChI=1S/C13H9N3O2/c17-11-5-3-9(4-6-11)12-15-13(18-16-12)10-2-1-7-14-8-10/h1-8,17H. The molecule has 0 bridgehead atoms. The first-order chi connectivity index (χ1) is 8.83. The summed E-state index contributed by atoms with van der Waals surface area (Å²) in [7, 11) is 0. The number of aromatic hydroxyl groups is 1. The van der Waals surface area contributed by atoms with E-state index in [-0.39, 0.29) is 5.75 Å². The molecule has 0 radical (unpaired) electrons. The predicted molar refractivity (Wildman–Crippen MR) is 64.6 cm³/mol. The molecule has 1 N–H and O–H groups in total. The highest BCUT2D eigenvalue weighted by Crippen LogP contribution is 2.22. The van der Waals surface area contributed by atoms with Crippen LogP contribution in [-0.4, -0.2) is 20.2 Å². The van der Waals surface area contributed by atoms with Crippen LogP contribution in [0.15, 0.2) is 53.3 Å². The molecule has 0 saturated heterocycles. The van der Waals surface area contributed by atoms with Crippen LogP contribution >= 0.6 is 0 Å². The van der Waals surface area contributed by atoms with Crippen LogP contribution in [0.4, 0.5) is 0 Å². The number of nitrogens with zero attached hydrogens (tertiary/aromatic N) is 3. The van der Waals surface area contributed by atoms with Gasteiger partial charge in [-0.05, 0) is 36.4 Å². The number of phenols is 1. The van der Waals surface area contributed by atoms with E-state index in [4.69, 9.17) is 4.52 Å². The molecular weight excluding hydrogens is 230 g/mol. The van der Waals surface area contributed by atoms with Crippen molar-refractivity contribution in [3.05, 3.63) is 48.8 Å². The summed E-state index contributed by atoms with van der Waals surface area (Å²) in [5.74, 6) is 1.11. The van der Waals surface area contributed by atoms with E-state index in [9.17, 15) is 5.11 Å². The fourth-order valence-corrected chi connectivity index (χ4v) is 1.56. The SMILES string of the molecule is Oc1ccc(-c2noc(-c3cccnc3)n2)cc1. The van der Waals surface area contributed by atoms with Gasteiger partial charge in [0.15, 0.2) is 0 Å². The maximum atomic E-state index is 9.21. The molecule has 1 aromatic carbocycles. The van der Waals surface area contributed by atoms with E-state index in [0.29, 0.717) is 11.7 Å². The van der Waals surface area contributed by atoms with Crippen molar-refractivity contribution in [3.8, 4) is 28.6 Å². The van der Waals surface area contributed by atoms with Gasteiger partial charge in [0.2, 0.25) is 5.82 Å². The fraction of sp³-hybridized carbons (Fsp3) is 0. The molecule has 5 heteroatoms. The van der Waals surface area contributed by atoms with Crippen molar-refractivity contribution in [2.45, 2.75) is 0 Å². The highest BCUT2D eigenvalue weighted by atomic mass is 16.5. The molecule has 88 valence electrons. The van der Waals surface area contributed by atoms with E-state index in [0.717, 1.165) is 11.1 Å². The van der Waals surface area contributed by atoms with E-state index in [1.54, 1.807) is 42.7 Å². The molecule has 18 heavy (non-hydrogen) atoms. The maximum Gasteiger partial charge on any atom is 0.259 e. The Kier molecular flexibility index (Phi) is 2.49. The monoisotopic (exact) mass is 239 g/mol. The molecule has 0 amide bonds. The van der Waals surface area contributed by atoms with Gasteiger partial charge >= 0.3 is 0 Å². The van der Waals surface area contributed by atoms with Gasteiger partial charge in [0.1, 0.15) is 5.75 Å². The Morgan fingerprint density at radius 3 is 2.56 bits per heavy atom. The van der Waals surface area contributed by atoms with Gasteiger partial charge in [-0.2, -0.15) is 4.98 Å². The zero-order chi connectivity index (χ0) is 12.4. The molecule has 0 aliphatic rings. The van der Waals surface area contributed by atoms with Crippen LogP contribution in [0.1, 0.15) is 0 Å². The van der Waals surface area contributed by atoms with Gasteiger partial charge in [-0.15, -0.1) is 0 Å². The van der Waals surface area contributed by atoms with Gasteiger partial charge in [-0.1, -0.05) is 5.16 Å². The Bertz CT molecular complexity index is 648. The largest absolute Gasteiger partial charge is 0.508 e. The zero-order valence-corrected chi connectivity index (χ0v) is 9.32. The lowest BCUT2D eigenvalue weighted by Crippen LogP contribution is -1.81. The molecule has 0 atom stereocenters. The third-order valence-electron chi connectivity index (χ3n) is 2.46. The molecule has 0 unspecified atom stereocenters. The molecule has 0 aliphatic heterocycles. The third kappa shape index (κ3) is 1.93. The number of hydrogen-bond acceptors (Lipinski definition) is 5. The average molecular weight is 239 g/mol. The lowest BCUT2D eigenvalue weighted by molar-refractivity contribution is 0.432. The molecule has 0 spiro atoms. The lowest BCUT2D eigenvalue weighted by Gasteiger charge is -1.93. The van der Waals surface area contributed by atoms with Crippen LogP contribution in [0, 0.1) is 0 Å². The smallest absolute Gasteiger partial charge is 0.259 e. The fourth-order valence-electron chi connectivity index (χ4n) is 1.56. The van der Waals surface area contributed by atoms with E-state index in [1.165, 1.54) is 0 Å². The van der Waals surface area contributed by atoms with Crippen molar-refractivity contribution in [3.63, 3.8) is 0 Å². The van der Waals surface area contributed by atoms with Crippen LogP contribution in [-0.2, 0) is 0 Å². The molecule has 5 nitrogen and oxygen atoms in total. The van der Waals surface area contributed by atoms with Crippen molar-refractivity contribution in [2.75, 3.05) is 0 Å². The first-order valence-electron chi connectivity index (χ1n) is 5.36. The first kappa shape index (κ1) is 10.5. The molecule has 2 aromatic heterocycles. The second-order valence-corrected chi connectivity index (χ2v) is 3.71. The summed E-state index contributed by atoms with van der Waals surface area (Å²) < 4.78 is 5.17. The molecule has 2 heterocycles. The Hall–Kier alpha value is -2.69. The van der Waals surface area contributed by atoms with Gasteiger partial charge in [0.25, 0.3) is 5.89 Å². The Labute approximate surface area is 103 Å². The number of benzene rings is 1.